The maximum Gasteiger partial charge on any atom is 0.252 e. The molecule has 0 aliphatic carbocycles. The quantitative estimate of drug-likeness (QED) is 0.813. The minimum Gasteiger partial charge on any atom is -0.355 e. The molecule has 2 rings (SSSR count). The summed E-state index contributed by atoms with van der Waals surface area (Å²) < 4.78 is 0. The molecule has 94 valence electrons. The van der Waals surface area contributed by atoms with E-state index in [0.29, 0.717) is 11.3 Å². The Hall–Kier alpha value is -1.88. The van der Waals surface area contributed by atoms with Gasteiger partial charge < -0.3 is 10.2 Å². The summed E-state index contributed by atoms with van der Waals surface area (Å²) in [6.45, 7) is 0.0640. The minimum atomic E-state index is -0.296. The number of carbonyl (C=O) groups excluding carboxylic acids is 3. The van der Waals surface area contributed by atoms with Crippen LogP contribution in [0.3, 0.4) is 0 Å². The van der Waals surface area contributed by atoms with Gasteiger partial charge in [-0.25, -0.2) is 0 Å². The molecule has 1 aliphatic rings. The van der Waals surface area contributed by atoms with Crippen molar-refractivity contribution in [3.05, 3.63) is 28.8 Å². The van der Waals surface area contributed by atoms with E-state index >= 15 is 0 Å². The highest BCUT2D eigenvalue weighted by molar-refractivity contribution is 6.34. The van der Waals surface area contributed by atoms with Gasteiger partial charge in [-0.1, -0.05) is 11.6 Å². The molecule has 5 nitrogen and oxygen atoms in total. The Labute approximate surface area is 109 Å². The summed E-state index contributed by atoms with van der Waals surface area (Å²) >= 11 is 5.98. The topological polar surface area (TPSA) is 66.5 Å². The molecule has 0 aromatic heterocycles. The molecular formula is C12H11ClN2O3. The predicted octanol–water partition coefficient (Wildman–Crippen LogP) is 1.01. The first-order valence-corrected chi connectivity index (χ1v) is 5.74. The third-order valence-corrected chi connectivity index (χ3v) is 3.03. The fourth-order valence-corrected chi connectivity index (χ4v) is 2.07. The summed E-state index contributed by atoms with van der Waals surface area (Å²) in [6, 6.07) is 4.65. The Morgan fingerprint density at radius 1 is 1.39 bits per heavy atom. The van der Waals surface area contributed by atoms with Gasteiger partial charge in [0.05, 0.1) is 23.6 Å². The number of nitrogens with one attached hydrogen (secondary N) is 1. The van der Waals surface area contributed by atoms with Crippen molar-refractivity contribution in [3.8, 4) is 0 Å². The number of hydrogen-bond acceptors (Lipinski definition) is 3. The number of amides is 2. The largest absolute Gasteiger partial charge is 0.355 e. The Morgan fingerprint density at radius 3 is 2.61 bits per heavy atom. The van der Waals surface area contributed by atoms with E-state index in [1.165, 1.54) is 24.1 Å². The van der Waals surface area contributed by atoms with Crippen molar-refractivity contribution in [2.75, 3.05) is 18.5 Å². The molecule has 1 N–H and O–H groups in total. The summed E-state index contributed by atoms with van der Waals surface area (Å²) in [5, 5.41) is 2.72. The number of rotatable bonds is 2. The van der Waals surface area contributed by atoms with Crippen molar-refractivity contribution in [1.29, 1.82) is 0 Å². The summed E-state index contributed by atoms with van der Waals surface area (Å²) in [5.74, 6) is -0.661. The smallest absolute Gasteiger partial charge is 0.252 e. The van der Waals surface area contributed by atoms with Crippen LogP contribution in [0.4, 0.5) is 5.69 Å². The van der Waals surface area contributed by atoms with E-state index in [2.05, 4.69) is 5.32 Å². The molecule has 1 aliphatic heterocycles. The van der Waals surface area contributed by atoms with E-state index in [-0.39, 0.29) is 35.6 Å². The van der Waals surface area contributed by atoms with Gasteiger partial charge in [-0.3, -0.25) is 14.4 Å². The average Bonchev–Trinajstić information content (AvgIpc) is 2.67. The highest BCUT2D eigenvalue weighted by Gasteiger charge is 2.28. The number of benzene rings is 1. The predicted molar refractivity (Wildman–Crippen MR) is 66.8 cm³/mol. The molecule has 1 saturated heterocycles. The molecule has 2 amide bonds. The zero-order valence-electron chi connectivity index (χ0n) is 9.70. The van der Waals surface area contributed by atoms with Gasteiger partial charge in [-0.2, -0.15) is 0 Å². The van der Waals surface area contributed by atoms with Crippen LogP contribution in [0.15, 0.2) is 18.2 Å². The molecule has 0 bridgehead atoms. The van der Waals surface area contributed by atoms with E-state index in [0.717, 1.165) is 0 Å². The minimum absolute atomic E-state index is 0.0640. The van der Waals surface area contributed by atoms with Crippen LogP contribution in [0.25, 0.3) is 0 Å². The van der Waals surface area contributed by atoms with Gasteiger partial charge in [0.2, 0.25) is 5.91 Å². The molecule has 6 heteroatoms. The first-order chi connectivity index (χ1) is 8.52. The number of Topliss-reactive ketones (excluding diaryl/α,β-unsaturated/α-hetero) is 1. The molecule has 1 heterocycles. The molecule has 1 aromatic carbocycles. The number of nitrogens with zero attached hydrogens (tertiary/aromatic N) is 1. The Balaban J connectivity index is 2.32. The fraction of sp³-hybridized carbons (Fsp3) is 0.250. The Bertz CT molecular complexity index is 542. The van der Waals surface area contributed by atoms with Crippen molar-refractivity contribution in [1.82, 2.24) is 5.32 Å². The molecule has 1 fully saturated rings. The molecule has 0 unspecified atom stereocenters. The van der Waals surface area contributed by atoms with E-state index in [1.54, 1.807) is 6.07 Å². The van der Waals surface area contributed by atoms with Crippen molar-refractivity contribution < 1.29 is 14.4 Å². The molecular weight excluding hydrogens is 256 g/mol. The maximum absolute atomic E-state index is 11.6. The van der Waals surface area contributed by atoms with Crippen LogP contribution >= 0.6 is 11.6 Å². The lowest BCUT2D eigenvalue weighted by Crippen LogP contribution is -2.25. The lowest BCUT2D eigenvalue weighted by molar-refractivity contribution is -0.121. The first-order valence-electron chi connectivity index (χ1n) is 5.36. The van der Waals surface area contributed by atoms with Crippen molar-refractivity contribution in [2.24, 2.45) is 0 Å². The lowest BCUT2D eigenvalue weighted by Gasteiger charge is -2.15. The van der Waals surface area contributed by atoms with Gasteiger partial charge in [-0.05, 0) is 18.2 Å². The number of hydrogen-bond donors (Lipinski definition) is 1. The second-order valence-corrected chi connectivity index (χ2v) is 4.35. The molecule has 0 saturated carbocycles. The van der Waals surface area contributed by atoms with Gasteiger partial charge in [0, 0.05) is 12.7 Å². The number of ketones is 1. The van der Waals surface area contributed by atoms with Crippen LogP contribution in [-0.4, -0.2) is 31.2 Å². The van der Waals surface area contributed by atoms with Gasteiger partial charge in [0.25, 0.3) is 5.91 Å². The summed E-state index contributed by atoms with van der Waals surface area (Å²) in [5.41, 5.74) is 0.865. The molecule has 18 heavy (non-hydrogen) atoms. The van der Waals surface area contributed by atoms with Crippen LogP contribution in [0.5, 0.6) is 0 Å². The van der Waals surface area contributed by atoms with Gasteiger partial charge >= 0.3 is 0 Å². The van der Waals surface area contributed by atoms with Gasteiger partial charge in [0.15, 0.2) is 5.78 Å². The van der Waals surface area contributed by atoms with Crippen LogP contribution in [0, 0.1) is 0 Å². The maximum atomic E-state index is 11.6. The van der Waals surface area contributed by atoms with E-state index in [1.807, 2.05) is 0 Å². The van der Waals surface area contributed by atoms with Crippen LogP contribution in [-0.2, 0) is 9.59 Å². The zero-order valence-corrected chi connectivity index (χ0v) is 10.5. The monoisotopic (exact) mass is 266 g/mol. The van der Waals surface area contributed by atoms with Crippen molar-refractivity contribution in [2.45, 2.75) is 6.42 Å². The molecule has 0 spiro atoms. The van der Waals surface area contributed by atoms with Gasteiger partial charge in [-0.15, -0.1) is 0 Å². The standard InChI is InChI=1S/C12H11ClN2O3/c1-14-12(18)9-3-2-7(4-10(9)13)15-6-8(16)5-11(15)17/h2-4H,5-6H2,1H3,(H,14,18). The third-order valence-electron chi connectivity index (χ3n) is 2.72. The number of anilines is 1. The van der Waals surface area contributed by atoms with Crippen molar-refractivity contribution in [3.63, 3.8) is 0 Å². The van der Waals surface area contributed by atoms with E-state index < -0.39 is 0 Å². The number of halogens is 1. The molecule has 0 atom stereocenters. The van der Waals surface area contributed by atoms with E-state index in [4.69, 9.17) is 11.6 Å². The number of carbonyl (C=O) groups is 3. The van der Waals surface area contributed by atoms with Crippen LogP contribution in [0.1, 0.15) is 16.8 Å². The lowest BCUT2D eigenvalue weighted by atomic mass is 10.2. The Kier molecular flexibility index (Phi) is 3.34. The van der Waals surface area contributed by atoms with Crippen LogP contribution < -0.4 is 10.2 Å². The summed E-state index contributed by atoms with van der Waals surface area (Å²) in [6.07, 6.45) is -0.0746. The highest BCUT2D eigenvalue weighted by Crippen LogP contribution is 2.26. The first kappa shape index (κ1) is 12.6. The summed E-state index contributed by atoms with van der Waals surface area (Å²) in [7, 11) is 1.51. The SMILES string of the molecule is CNC(=O)c1ccc(N2CC(=O)CC2=O)cc1Cl. The molecule has 1 aromatic rings. The normalized spacial score (nSPS) is 15.1. The second-order valence-electron chi connectivity index (χ2n) is 3.94. The van der Waals surface area contributed by atoms with Crippen molar-refractivity contribution >= 4 is 34.9 Å². The average molecular weight is 267 g/mol. The highest BCUT2D eigenvalue weighted by atomic mass is 35.5. The summed E-state index contributed by atoms with van der Waals surface area (Å²) in [4.78, 5) is 35.6. The van der Waals surface area contributed by atoms with E-state index in [9.17, 15) is 14.4 Å². The molecule has 0 radical (unpaired) electrons. The van der Waals surface area contributed by atoms with Crippen LogP contribution in [0.2, 0.25) is 5.02 Å². The second kappa shape index (κ2) is 4.78. The van der Waals surface area contributed by atoms with Gasteiger partial charge in [0.1, 0.15) is 0 Å². The third kappa shape index (κ3) is 2.22. The zero-order chi connectivity index (χ0) is 13.3. The Morgan fingerprint density at radius 2 is 2.11 bits per heavy atom. The fourth-order valence-electron chi connectivity index (χ4n) is 1.81.